The zero-order chi connectivity index (χ0) is 13.9. The van der Waals surface area contributed by atoms with Gasteiger partial charge in [-0.15, -0.1) is 0 Å². The van der Waals surface area contributed by atoms with Crippen LogP contribution in [0.5, 0.6) is 0 Å². The Morgan fingerprint density at radius 1 is 0.944 bits per heavy atom. The first-order valence-corrected chi connectivity index (χ1v) is 4.68. The van der Waals surface area contributed by atoms with Crippen molar-refractivity contribution in [2.45, 2.75) is 6.92 Å². The third-order valence-electron chi connectivity index (χ3n) is 1.89. The number of carbonyl (C=O) groups is 1. The molecule has 8 heteroatoms. The Labute approximate surface area is 98.1 Å². The van der Waals surface area contributed by atoms with Crippen LogP contribution in [-0.2, 0) is 9.47 Å². The van der Waals surface area contributed by atoms with Crippen molar-refractivity contribution in [3.05, 3.63) is 34.6 Å². The molecule has 0 bridgehead atoms. The topological polar surface area (TPSA) is 35.5 Å². The van der Waals surface area contributed by atoms with Gasteiger partial charge in [-0.25, -0.2) is 26.7 Å². The summed E-state index contributed by atoms with van der Waals surface area (Å²) in [5.74, 6) is -12.9. The zero-order valence-electron chi connectivity index (χ0n) is 9.03. The minimum atomic E-state index is -2.34. The number of hydrogen-bond acceptors (Lipinski definition) is 3. The van der Waals surface area contributed by atoms with E-state index in [2.05, 4.69) is 9.47 Å². The molecule has 0 atom stereocenters. The lowest BCUT2D eigenvalue weighted by atomic mass is 10.1. The molecule has 0 heterocycles. The second-order valence-electron chi connectivity index (χ2n) is 2.99. The van der Waals surface area contributed by atoms with Gasteiger partial charge in [-0.1, -0.05) is 0 Å². The van der Waals surface area contributed by atoms with E-state index in [1.165, 1.54) is 0 Å². The normalized spacial score (nSPS) is 10.6. The molecule has 0 amide bonds. The molecule has 1 aromatic rings. The number of esters is 1. The van der Waals surface area contributed by atoms with E-state index in [0.29, 0.717) is 0 Å². The Hall–Kier alpha value is -1.70. The molecule has 0 spiro atoms. The van der Waals surface area contributed by atoms with Gasteiger partial charge in [0.1, 0.15) is 5.56 Å². The maximum Gasteiger partial charge on any atom is 0.346 e. The second kappa shape index (κ2) is 5.76. The maximum absolute atomic E-state index is 13.1. The van der Waals surface area contributed by atoms with Crippen molar-refractivity contribution in [2.75, 3.05) is 13.4 Å². The Kier molecular flexibility index (Phi) is 4.60. The largest absolute Gasteiger partial charge is 0.435 e. The molecule has 18 heavy (non-hydrogen) atoms. The molecule has 0 unspecified atom stereocenters. The fraction of sp³-hybridized carbons (Fsp3) is 0.300. The third-order valence-corrected chi connectivity index (χ3v) is 1.89. The lowest BCUT2D eigenvalue weighted by Crippen LogP contribution is -2.16. The van der Waals surface area contributed by atoms with Crippen molar-refractivity contribution < 1.29 is 36.2 Å². The van der Waals surface area contributed by atoms with E-state index in [1.807, 2.05) is 0 Å². The second-order valence-corrected chi connectivity index (χ2v) is 2.99. The molecule has 0 saturated heterocycles. The van der Waals surface area contributed by atoms with E-state index in [4.69, 9.17) is 0 Å². The van der Waals surface area contributed by atoms with Gasteiger partial charge in [-0.05, 0) is 6.92 Å². The number of ether oxygens (including phenoxy) is 2. The lowest BCUT2D eigenvalue weighted by molar-refractivity contribution is -0.0282. The summed E-state index contributed by atoms with van der Waals surface area (Å²) in [6, 6.07) is 0. The molecule has 0 aliphatic carbocycles. The minimum Gasteiger partial charge on any atom is -0.435 e. The predicted molar refractivity (Wildman–Crippen MR) is 48.1 cm³/mol. The van der Waals surface area contributed by atoms with Gasteiger partial charge >= 0.3 is 5.97 Å². The first kappa shape index (κ1) is 14.4. The van der Waals surface area contributed by atoms with E-state index in [9.17, 15) is 26.7 Å². The van der Waals surface area contributed by atoms with Crippen LogP contribution in [0.2, 0.25) is 0 Å². The molecule has 0 aromatic heterocycles. The van der Waals surface area contributed by atoms with Gasteiger partial charge in [-0.2, -0.15) is 0 Å². The Morgan fingerprint density at radius 2 is 1.39 bits per heavy atom. The van der Waals surface area contributed by atoms with Gasteiger partial charge in [0.05, 0.1) is 0 Å². The lowest BCUT2D eigenvalue weighted by Gasteiger charge is -2.08. The molecule has 0 aliphatic rings. The van der Waals surface area contributed by atoms with Crippen LogP contribution in [0.25, 0.3) is 0 Å². The number of hydrogen-bond donors (Lipinski definition) is 0. The highest BCUT2D eigenvalue weighted by Crippen LogP contribution is 2.23. The zero-order valence-corrected chi connectivity index (χ0v) is 9.03. The number of benzene rings is 1. The van der Waals surface area contributed by atoms with Crippen LogP contribution in [0.4, 0.5) is 22.0 Å². The number of rotatable bonds is 4. The van der Waals surface area contributed by atoms with Crippen molar-refractivity contribution in [3.63, 3.8) is 0 Å². The molecule has 0 saturated carbocycles. The van der Waals surface area contributed by atoms with Crippen LogP contribution in [0, 0.1) is 29.1 Å². The van der Waals surface area contributed by atoms with E-state index < -0.39 is 47.4 Å². The van der Waals surface area contributed by atoms with Crippen LogP contribution in [0.1, 0.15) is 17.3 Å². The van der Waals surface area contributed by atoms with Crippen molar-refractivity contribution in [3.8, 4) is 0 Å². The van der Waals surface area contributed by atoms with Crippen molar-refractivity contribution in [1.82, 2.24) is 0 Å². The van der Waals surface area contributed by atoms with Crippen LogP contribution < -0.4 is 0 Å². The summed E-state index contributed by atoms with van der Waals surface area (Å²) in [7, 11) is 0. The van der Waals surface area contributed by atoms with E-state index in [0.717, 1.165) is 0 Å². The summed E-state index contributed by atoms with van der Waals surface area (Å²) in [5.41, 5.74) is -1.65. The average Bonchev–Trinajstić information content (AvgIpc) is 2.34. The Bertz CT molecular complexity index is 446. The monoisotopic (exact) mass is 270 g/mol. The third kappa shape index (κ3) is 2.58. The molecule has 0 N–H and O–H groups in total. The summed E-state index contributed by atoms with van der Waals surface area (Å²) >= 11 is 0. The minimum absolute atomic E-state index is 0.143. The Morgan fingerprint density at radius 3 is 1.83 bits per heavy atom. The van der Waals surface area contributed by atoms with Crippen molar-refractivity contribution >= 4 is 5.97 Å². The Balaban J connectivity index is 3.13. The van der Waals surface area contributed by atoms with Crippen molar-refractivity contribution in [2.24, 2.45) is 0 Å². The van der Waals surface area contributed by atoms with Gasteiger partial charge < -0.3 is 9.47 Å². The molecule has 1 aromatic carbocycles. The van der Waals surface area contributed by atoms with Gasteiger partial charge in [-0.3, -0.25) is 0 Å². The molecule has 100 valence electrons. The summed E-state index contributed by atoms with van der Waals surface area (Å²) in [6.45, 7) is 1.03. The SMILES string of the molecule is CCOCOC(=O)c1c(F)c(F)c(F)c(F)c1F. The van der Waals surface area contributed by atoms with Gasteiger partial charge in [0.15, 0.2) is 30.1 Å². The first-order valence-electron chi connectivity index (χ1n) is 4.68. The molecular weight excluding hydrogens is 263 g/mol. The van der Waals surface area contributed by atoms with Gasteiger partial charge in [0.2, 0.25) is 5.82 Å². The maximum atomic E-state index is 13.1. The average molecular weight is 270 g/mol. The van der Waals surface area contributed by atoms with Gasteiger partial charge in [0, 0.05) is 6.61 Å². The summed E-state index contributed by atoms with van der Waals surface area (Å²) in [4.78, 5) is 11.1. The summed E-state index contributed by atoms with van der Waals surface area (Å²) in [5, 5.41) is 0. The highest BCUT2D eigenvalue weighted by molar-refractivity contribution is 5.90. The molecule has 0 radical (unpaired) electrons. The smallest absolute Gasteiger partial charge is 0.346 e. The van der Waals surface area contributed by atoms with E-state index >= 15 is 0 Å². The van der Waals surface area contributed by atoms with Crippen LogP contribution in [-0.4, -0.2) is 19.4 Å². The van der Waals surface area contributed by atoms with Crippen LogP contribution in [0.15, 0.2) is 0 Å². The molecule has 3 nitrogen and oxygen atoms in total. The number of carbonyl (C=O) groups excluding carboxylic acids is 1. The van der Waals surface area contributed by atoms with E-state index in [-0.39, 0.29) is 6.61 Å². The summed E-state index contributed by atoms with van der Waals surface area (Å²) in [6.07, 6.45) is 0. The number of halogens is 5. The first-order chi connectivity index (χ1) is 8.41. The highest BCUT2D eigenvalue weighted by atomic mass is 19.2. The predicted octanol–water partition coefficient (Wildman–Crippen LogP) is 2.53. The highest BCUT2D eigenvalue weighted by Gasteiger charge is 2.30. The summed E-state index contributed by atoms with van der Waals surface area (Å²) < 4.78 is 73.1. The molecular formula is C10H7F5O3. The van der Waals surface area contributed by atoms with Gasteiger partial charge in [0.25, 0.3) is 0 Å². The fourth-order valence-electron chi connectivity index (χ4n) is 1.03. The molecule has 0 fully saturated rings. The van der Waals surface area contributed by atoms with Crippen LogP contribution >= 0.6 is 0 Å². The van der Waals surface area contributed by atoms with Crippen LogP contribution in [0.3, 0.4) is 0 Å². The molecule has 1 rings (SSSR count). The van der Waals surface area contributed by atoms with E-state index in [1.54, 1.807) is 6.92 Å². The quantitative estimate of drug-likeness (QED) is 0.211. The fourth-order valence-corrected chi connectivity index (χ4v) is 1.03. The molecule has 0 aliphatic heterocycles. The van der Waals surface area contributed by atoms with Crippen molar-refractivity contribution in [1.29, 1.82) is 0 Å². The standard InChI is InChI=1S/C10H7F5O3/c1-2-17-3-18-10(16)4-5(11)7(13)9(15)8(14)6(4)12/h2-3H2,1H3.